The zero-order valence-corrected chi connectivity index (χ0v) is 22.5. The van der Waals surface area contributed by atoms with E-state index in [1.54, 1.807) is 53.4 Å². The summed E-state index contributed by atoms with van der Waals surface area (Å²) in [4.78, 5) is 26.0. The zero-order chi connectivity index (χ0) is 29.7. The minimum Gasteiger partial charge on any atom is -0.497 e. The molecule has 3 aromatic rings. The van der Waals surface area contributed by atoms with Crippen LogP contribution < -0.4 is 14.4 Å². The van der Waals surface area contributed by atoms with Crippen LogP contribution in [-0.4, -0.2) is 33.1 Å². The molecule has 41 heavy (non-hydrogen) atoms. The van der Waals surface area contributed by atoms with Crippen LogP contribution in [0.15, 0.2) is 72.5 Å². The third kappa shape index (κ3) is 6.62. The van der Waals surface area contributed by atoms with E-state index in [-0.39, 0.29) is 18.8 Å². The second-order valence-corrected chi connectivity index (χ2v) is 9.19. The Bertz CT molecular complexity index is 1390. The smallest absolute Gasteiger partial charge is 0.416 e. The van der Waals surface area contributed by atoms with E-state index in [2.05, 4.69) is 4.74 Å². The molecule has 1 heterocycles. The number of halogens is 4. The number of nitrogens with zero attached hydrogens (tertiary/aromatic N) is 1. The number of ether oxygens (including phenoxy) is 4. The van der Waals surface area contributed by atoms with E-state index in [9.17, 15) is 22.8 Å². The van der Waals surface area contributed by atoms with E-state index in [0.29, 0.717) is 11.5 Å². The summed E-state index contributed by atoms with van der Waals surface area (Å²) >= 11 is 0. The fraction of sp³-hybridized carbons (Fsp3) is 0.267. The molecule has 216 valence electrons. The van der Waals surface area contributed by atoms with Crippen LogP contribution in [0, 0.1) is 5.82 Å². The Hall–Kier alpha value is -4.54. The molecule has 0 fully saturated rings. The lowest BCUT2D eigenvalue weighted by Gasteiger charge is -2.30. The highest BCUT2D eigenvalue weighted by Gasteiger charge is 2.41. The van der Waals surface area contributed by atoms with Crippen molar-refractivity contribution in [3.05, 3.63) is 101 Å². The largest absolute Gasteiger partial charge is 0.497 e. The van der Waals surface area contributed by atoms with E-state index in [1.165, 1.54) is 14.2 Å². The maximum absolute atomic E-state index is 16.3. The van der Waals surface area contributed by atoms with Crippen molar-refractivity contribution in [2.24, 2.45) is 0 Å². The van der Waals surface area contributed by atoms with Crippen LogP contribution in [0.4, 0.5) is 23.2 Å². The number of anilines is 1. The first-order valence-corrected chi connectivity index (χ1v) is 12.4. The molecule has 0 saturated carbocycles. The molecule has 0 bridgehead atoms. The molecule has 1 aliphatic rings. The Labute approximate surface area is 233 Å². The quantitative estimate of drug-likeness (QED) is 0.173. The Morgan fingerprint density at radius 3 is 1.88 bits per heavy atom. The number of ketones is 1. The van der Waals surface area contributed by atoms with Gasteiger partial charge in [0.05, 0.1) is 39.0 Å². The van der Waals surface area contributed by atoms with Gasteiger partial charge in [-0.15, -0.1) is 0 Å². The van der Waals surface area contributed by atoms with Gasteiger partial charge in [-0.25, -0.2) is 9.18 Å². The van der Waals surface area contributed by atoms with Crippen LogP contribution >= 0.6 is 0 Å². The maximum Gasteiger partial charge on any atom is 0.416 e. The van der Waals surface area contributed by atoms with Crippen LogP contribution in [0.1, 0.15) is 34.8 Å². The summed E-state index contributed by atoms with van der Waals surface area (Å²) < 4.78 is 78.8. The van der Waals surface area contributed by atoms with Crippen molar-refractivity contribution in [1.29, 1.82) is 0 Å². The summed E-state index contributed by atoms with van der Waals surface area (Å²) in [5, 5.41) is 0. The van der Waals surface area contributed by atoms with E-state index in [1.807, 2.05) is 0 Å². The number of rotatable bonds is 9. The number of benzene rings is 3. The van der Waals surface area contributed by atoms with Crippen LogP contribution in [0.25, 0.3) is 0 Å². The molecule has 1 atom stereocenters. The van der Waals surface area contributed by atoms with E-state index >= 15 is 4.39 Å². The molecule has 4 rings (SSSR count). The Balaban J connectivity index is 1.79. The van der Waals surface area contributed by atoms with Gasteiger partial charge in [-0.2, -0.15) is 13.2 Å². The van der Waals surface area contributed by atoms with Gasteiger partial charge >= 0.3 is 12.1 Å². The number of carbonyl (C=O) groups is 2. The molecule has 7 nitrogen and oxygen atoms in total. The normalized spacial score (nSPS) is 15.0. The number of hydrogen-bond acceptors (Lipinski definition) is 7. The van der Waals surface area contributed by atoms with Gasteiger partial charge in [0.25, 0.3) is 0 Å². The van der Waals surface area contributed by atoms with Crippen molar-refractivity contribution in [3.63, 3.8) is 0 Å². The second-order valence-electron chi connectivity index (χ2n) is 9.19. The molecule has 0 N–H and O–H groups in total. The second kappa shape index (κ2) is 12.3. The van der Waals surface area contributed by atoms with Gasteiger partial charge in [-0.3, -0.25) is 4.79 Å². The monoisotopic (exact) mass is 573 g/mol. The summed E-state index contributed by atoms with van der Waals surface area (Å²) in [7, 11) is 4.09. The van der Waals surface area contributed by atoms with Crippen molar-refractivity contribution < 1.29 is 46.1 Å². The average molecular weight is 574 g/mol. The van der Waals surface area contributed by atoms with E-state index in [0.717, 1.165) is 36.6 Å². The number of carbonyl (C=O) groups excluding carboxylic acids is 2. The minimum atomic E-state index is -4.94. The summed E-state index contributed by atoms with van der Waals surface area (Å²) in [5.41, 5.74) is -1.20. The molecule has 1 aliphatic heterocycles. The van der Waals surface area contributed by atoms with Gasteiger partial charge in [-0.05, 0) is 47.5 Å². The van der Waals surface area contributed by atoms with Gasteiger partial charge in [0.1, 0.15) is 29.4 Å². The number of esters is 1. The van der Waals surface area contributed by atoms with Gasteiger partial charge in [0.2, 0.25) is 0 Å². The Morgan fingerprint density at radius 2 is 1.44 bits per heavy atom. The van der Waals surface area contributed by atoms with Crippen LogP contribution in [0.5, 0.6) is 11.5 Å². The molecular formula is C30H27F4NO6. The zero-order valence-electron chi connectivity index (χ0n) is 22.5. The molecule has 3 aromatic carbocycles. The summed E-state index contributed by atoms with van der Waals surface area (Å²) in [6.07, 6.45) is -6.51. The van der Waals surface area contributed by atoms with Gasteiger partial charge in [-0.1, -0.05) is 24.3 Å². The topological polar surface area (TPSA) is 74.3 Å². The molecule has 0 aromatic heterocycles. The highest BCUT2D eigenvalue weighted by molar-refractivity contribution is 6.17. The molecule has 0 amide bonds. The van der Waals surface area contributed by atoms with Gasteiger partial charge in [0, 0.05) is 18.7 Å². The lowest BCUT2D eigenvalue weighted by Crippen LogP contribution is -2.27. The van der Waals surface area contributed by atoms with Crippen molar-refractivity contribution in [2.45, 2.75) is 31.8 Å². The number of Topliss-reactive ketones (excluding diaryl/α,β-unsaturated/α-hetero) is 1. The van der Waals surface area contributed by atoms with Crippen LogP contribution in [0.3, 0.4) is 0 Å². The first-order chi connectivity index (χ1) is 19.5. The van der Waals surface area contributed by atoms with Crippen molar-refractivity contribution in [1.82, 2.24) is 0 Å². The molecular weight excluding hydrogens is 546 g/mol. The van der Waals surface area contributed by atoms with Crippen LogP contribution in [0.2, 0.25) is 0 Å². The first-order valence-electron chi connectivity index (χ1n) is 12.4. The number of alkyl halides is 3. The van der Waals surface area contributed by atoms with Gasteiger partial charge < -0.3 is 23.8 Å². The third-order valence-electron chi connectivity index (χ3n) is 6.62. The lowest BCUT2D eigenvalue weighted by atomic mass is 9.93. The predicted molar refractivity (Wildman–Crippen MR) is 141 cm³/mol. The molecule has 0 aliphatic carbocycles. The number of methoxy groups -OCH3 is 3. The van der Waals surface area contributed by atoms with E-state index < -0.39 is 53.0 Å². The fourth-order valence-corrected chi connectivity index (χ4v) is 4.50. The minimum absolute atomic E-state index is 0.126. The standard InChI is InChI=1S/C30H27F4NO6/c1-38-20-8-4-18(5-9-20)15-35(16-19-6-10-21(39-2)11-7-19)24-13-12-23(30(32,33)34)27(28(24)31)26-14-25(36)22(17-41-26)29(37)40-3/h4-13,17,26H,14-16H2,1-3H3. The molecule has 11 heteroatoms. The van der Waals surface area contributed by atoms with Crippen molar-refractivity contribution in [3.8, 4) is 11.5 Å². The SMILES string of the molecule is COC(=O)C1=COC(c2c(C(F)(F)F)ccc(N(Cc3ccc(OC)cc3)Cc3ccc(OC)cc3)c2F)CC1=O. The summed E-state index contributed by atoms with van der Waals surface area (Å²) in [6, 6.07) is 15.8. The maximum atomic E-state index is 16.3. The van der Waals surface area contributed by atoms with Crippen molar-refractivity contribution >= 4 is 17.4 Å². The highest BCUT2D eigenvalue weighted by Crippen LogP contribution is 2.43. The third-order valence-corrected chi connectivity index (χ3v) is 6.62. The number of hydrogen-bond donors (Lipinski definition) is 0. The summed E-state index contributed by atoms with van der Waals surface area (Å²) in [5.74, 6) is -1.79. The molecule has 0 saturated heterocycles. The first kappa shape index (κ1) is 29.4. The molecule has 1 unspecified atom stereocenters. The predicted octanol–water partition coefficient (Wildman–Crippen LogP) is 6.16. The highest BCUT2D eigenvalue weighted by atomic mass is 19.4. The fourth-order valence-electron chi connectivity index (χ4n) is 4.50. The van der Waals surface area contributed by atoms with Crippen LogP contribution in [-0.2, 0) is 38.3 Å². The van der Waals surface area contributed by atoms with Crippen molar-refractivity contribution in [2.75, 3.05) is 26.2 Å². The molecule has 0 radical (unpaired) electrons. The molecule has 0 spiro atoms. The Kier molecular flexibility index (Phi) is 8.85. The summed E-state index contributed by atoms with van der Waals surface area (Å²) in [6.45, 7) is 0.267. The average Bonchev–Trinajstić information content (AvgIpc) is 2.96. The Morgan fingerprint density at radius 1 is 0.902 bits per heavy atom. The van der Waals surface area contributed by atoms with Gasteiger partial charge in [0.15, 0.2) is 11.6 Å². The lowest BCUT2D eigenvalue weighted by molar-refractivity contribution is -0.142. The van der Waals surface area contributed by atoms with E-state index in [4.69, 9.17) is 14.2 Å².